The summed E-state index contributed by atoms with van der Waals surface area (Å²) in [6.07, 6.45) is 3.59. The van der Waals surface area contributed by atoms with E-state index in [9.17, 15) is 4.79 Å². The monoisotopic (exact) mass is 510 g/mol. The van der Waals surface area contributed by atoms with Gasteiger partial charge in [-0.15, -0.1) is 0 Å². The van der Waals surface area contributed by atoms with Crippen molar-refractivity contribution in [1.82, 2.24) is 4.57 Å². The molecule has 0 fully saturated rings. The molecule has 6 nitrogen and oxygen atoms in total. The lowest BCUT2D eigenvalue weighted by Gasteiger charge is -2.31. The predicted molar refractivity (Wildman–Crippen MR) is 145 cm³/mol. The van der Waals surface area contributed by atoms with Crippen LogP contribution in [-0.4, -0.2) is 25.9 Å². The Morgan fingerprint density at radius 1 is 0.892 bits per heavy atom. The molecule has 1 atom stereocenters. The molecule has 1 aliphatic heterocycles. The normalized spacial score (nSPS) is 16.4. The van der Waals surface area contributed by atoms with Gasteiger partial charge in [0.05, 0.1) is 37.6 Å². The molecule has 0 bridgehead atoms. The number of thiazole rings is 1. The van der Waals surface area contributed by atoms with Gasteiger partial charge in [0.15, 0.2) is 16.3 Å². The molecule has 0 N–H and O–H groups in total. The summed E-state index contributed by atoms with van der Waals surface area (Å²) >= 11 is 1.39. The first-order valence-corrected chi connectivity index (χ1v) is 12.9. The molecular weight excluding hydrogens is 484 g/mol. The zero-order valence-corrected chi connectivity index (χ0v) is 21.7. The Kier molecular flexibility index (Phi) is 5.93. The van der Waals surface area contributed by atoms with Gasteiger partial charge in [0, 0.05) is 16.7 Å². The lowest BCUT2D eigenvalue weighted by atomic mass is 9.83. The van der Waals surface area contributed by atoms with Crippen molar-refractivity contribution in [3.63, 3.8) is 0 Å². The van der Waals surface area contributed by atoms with Gasteiger partial charge in [-0.1, -0.05) is 65.9 Å². The SMILES string of the molecule is COc1ccccc1C1C2=C(N=c3sc(=Cc4cccc(OC)c4OC)c(=O)n31)c1ccccc1CC2. The molecule has 0 amide bonds. The average molecular weight is 511 g/mol. The van der Waals surface area contributed by atoms with Crippen molar-refractivity contribution >= 4 is 23.1 Å². The molecule has 0 saturated carbocycles. The second-order valence-electron chi connectivity index (χ2n) is 8.94. The first-order chi connectivity index (χ1) is 18.1. The maximum Gasteiger partial charge on any atom is 0.271 e. The molecule has 0 spiro atoms. The van der Waals surface area contributed by atoms with Gasteiger partial charge in [0.25, 0.3) is 5.56 Å². The molecule has 7 heteroatoms. The average Bonchev–Trinajstić information content (AvgIpc) is 3.25. The lowest BCUT2D eigenvalue weighted by molar-refractivity contribution is 0.354. The molecule has 4 aromatic rings. The minimum absolute atomic E-state index is 0.0880. The maximum atomic E-state index is 14.0. The van der Waals surface area contributed by atoms with Crippen LogP contribution in [-0.2, 0) is 6.42 Å². The van der Waals surface area contributed by atoms with Crippen molar-refractivity contribution < 1.29 is 14.2 Å². The molecule has 37 heavy (non-hydrogen) atoms. The quantitative estimate of drug-likeness (QED) is 0.401. The molecule has 3 aromatic carbocycles. The third kappa shape index (κ3) is 3.78. The van der Waals surface area contributed by atoms with E-state index in [0.29, 0.717) is 20.8 Å². The van der Waals surface area contributed by atoms with Gasteiger partial charge < -0.3 is 14.2 Å². The van der Waals surface area contributed by atoms with E-state index in [2.05, 4.69) is 18.2 Å². The highest BCUT2D eigenvalue weighted by molar-refractivity contribution is 7.07. The molecular formula is C30H26N2O4S. The number of aryl methyl sites for hydroxylation is 1. The summed E-state index contributed by atoms with van der Waals surface area (Å²) in [5.74, 6) is 1.96. The minimum atomic E-state index is -0.301. The molecule has 1 unspecified atom stereocenters. The highest BCUT2D eigenvalue weighted by atomic mass is 32.1. The Bertz CT molecular complexity index is 1730. The summed E-state index contributed by atoms with van der Waals surface area (Å²) < 4.78 is 19.2. The van der Waals surface area contributed by atoms with Gasteiger partial charge in [-0.05, 0) is 42.2 Å². The molecule has 2 heterocycles. The molecule has 2 aliphatic rings. The topological polar surface area (TPSA) is 62.0 Å². The standard InChI is InChI=1S/C30H26N2O4S/c1-34-23-13-7-6-12-21(23)27-22-16-15-18-9-4-5-11-20(18)26(22)31-30-32(27)29(33)25(37-30)17-19-10-8-14-24(35-2)28(19)36-3/h4-14,17,27H,15-16H2,1-3H3. The summed E-state index contributed by atoms with van der Waals surface area (Å²) in [5.41, 5.74) is 6.16. The van der Waals surface area contributed by atoms with Crippen molar-refractivity contribution in [1.29, 1.82) is 0 Å². The largest absolute Gasteiger partial charge is 0.496 e. The Morgan fingerprint density at radius 2 is 1.65 bits per heavy atom. The number of hydrogen-bond donors (Lipinski definition) is 0. The zero-order valence-electron chi connectivity index (χ0n) is 20.9. The van der Waals surface area contributed by atoms with Crippen LogP contribution in [0, 0.1) is 0 Å². The third-order valence-electron chi connectivity index (χ3n) is 7.03. The number of rotatable bonds is 5. The number of hydrogen-bond acceptors (Lipinski definition) is 6. The fourth-order valence-corrected chi connectivity index (χ4v) is 6.35. The smallest absolute Gasteiger partial charge is 0.271 e. The summed E-state index contributed by atoms with van der Waals surface area (Å²) in [6.45, 7) is 0. The van der Waals surface area contributed by atoms with Gasteiger partial charge in [-0.3, -0.25) is 9.36 Å². The van der Waals surface area contributed by atoms with Gasteiger partial charge in [0.2, 0.25) is 0 Å². The number of fused-ring (bicyclic) bond motifs is 3. The zero-order chi connectivity index (χ0) is 25.5. The number of para-hydroxylation sites is 2. The Hall–Kier alpha value is -4.10. The van der Waals surface area contributed by atoms with Crippen LogP contribution in [0.15, 0.2) is 82.1 Å². The second kappa shape index (κ2) is 9.41. The first-order valence-electron chi connectivity index (χ1n) is 12.1. The van der Waals surface area contributed by atoms with Gasteiger partial charge in [-0.2, -0.15) is 0 Å². The highest BCUT2D eigenvalue weighted by Crippen LogP contribution is 2.43. The molecule has 0 saturated heterocycles. The Morgan fingerprint density at radius 3 is 2.46 bits per heavy atom. The van der Waals surface area contributed by atoms with Crippen LogP contribution in [0.2, 0.25) is 0 Å². The Balaban J connectivity index is 1.64. The summed E-state index contributed by atoms with van der Waals surface area (Å²) in [4.78, 5) is 19.8. The van der Waals surface area contributed by atoms with Crippen molar-refractivity contribution in [3.05, 3.63) is 114 Å². The van der Waals surface area contributed by atoms with Crippen LogP contribution < -0.4 is 29.1 Å². The molecule has 6 rings (SSSR count). The highest BCUT2D eigenvalue weighted by Gasteiger charge is 2.34. The van der Waals surface area contributed by atoms with E-state index in [1.807, 2.05) is 59.2 Å². The van der Waals surface area contributed by atoms with Crippen LogP contribution in [0.5, 0.6) is 17.2 Å². The molecule has 0 radical (unpaired) electrons. The van der Waals surface area contributed by atoms with Gasteiger partial charge >= 0.3 is 0 Å². The number of nitrogens with zero attached hydrogens (tertiary/aromatic N) is 2. The van der Waals surface area contributed by atoms with E-state index >= 15 is 0 Å². The fourth-order valence-electron chi connectivity index (χ4n) is 5.36. The number of aromatic nitrogens is 1. The lowest BCUT2D eigenvalue weighted by Crippen LogP contribution is -2.39. The van der Waals surface area contributed by atoms with Crippen molar-refractivity contribution in [3.8, 4) is 17.2 Å². The number of ether oxygens (including phenoxy) is 3. The third-order valence-corrected chi connectivity index (χ3v) is 8.01. The Labute approximate surface area is 218 Å². The van der Waals surface area contributed by atoms with Crippen molar-refractivity contribution in [2.75, 3.05) is 21.3 Å². The number of allylic oxidation sites excluding steroid dienone is 1. The number of methoxy groups -OCH3 is 3. The van der Waals surface area contributed by atoms with Crippen molar-refractivity contribution in [2.45, 2.75) is 18.9 Å². The van der Waals surface area contributed by atoms with Crippen LogP contribution >= 0.6 is 11.3 Å². The predicted octanol–water partition coefficient (Wildman–Crippen LogP) is 4.34. The van der Waals surface area contributed by atoms with Crippen LogP contribution in [0.3, 0.4) is 0 Å². The van der Waals surface area contributed by atoms with E-state index in [1.165, 1.54) is 16.9 Å². The molecule has 186 valence electrons. The van der Waals surface area contributed by atoms with Crippen molar-refractivity contribution in [2.24, 2.45) is 4.99 Å². The van der Waals surface area contributed by atoms with E-state index < -0.39 is 0 Å². The summed E-state index contributed by atoms with van der Waals surface area (Å²) in [7, 11) is 4.87. The van der Waals surface area contributed by atoms with E-state index in [4.69, 9.17) is 19.2 Å². The number of benzene rings is 3. The summed E-state index contributed by atoms with van der Waals surface area (Å²) in [5, 5.41) is 0. The van der Waals surface area contributed by atoms with Crippen LogP contribution in [0.4, 0.5) is 0 Å². The van der Waals surface area contributed by atoms with Crippen LogP contribution in [0.1, 0.15) is 34.7 Å². The second-order valence-corrected chi connectivity index (χ2v) is 9.95. The van der Waals surface area contributed by atoms with E-state index in [1.54, 1.807) is 21.3 Å². The van der Waals surface area contributed by atoms with Gasteiger partial charge in [0.1, 0.15) is 5.75 Å². The van der Waals surface area contributed by atoms with E-state index in [0.717, 1.165) is 46.6 Å². The minimum Gasteiger partial charge on any atom is -0.496 e. The maximum absolute atomic E-state index is 14.0. The van der Waals surface area contributed by atoms with E-state index in [-0.39, 0.29) is 11.6 Å². The van der Waals surface area contributed by atoms with Crippen LogP contribution in [0.25, 0.3) is 11.8 Å². The summed E-state index contributed by atoms with van der Waals surface area (Å²) in [6, 6.07) is 21.7. The molecule has 1 aromatic heterocycles. The van der Waals surface area contributed by atoms with Gasteiger partial charge in [-0.25, -0.2) is 4.99 Å². The fraction of sp³-hybridized carbons (Fsp3) is 0.200. The molecule has 1 aliphatic carbocycles. The first kappa shape index (κ1) is 23.3.